The maximum absolute atomic E-state index is 13.6. The molecule has 3 rings (SSSR count). The van der Waals surface area contributed by atoms with Crippen LogP contribution in [0.15, 0.2) is 30.3 Å². The van der Waals surface area contributed by atoms with E-state index in [9.17, 15) is 4.79 Å². The summed E-state index contributed by atoms with van der Waals surface area (Å²) in [7, 11) is 4.52. The van der Waals surface area contributed by atoms with Crippen molar-refractivity contribution in [1.82, 2.24) is 4.90 Å². The van der Waals surface area contributed by atoms with E-state index in [1.165, 1.54) is 21.3 Å². The van der Waals surface area contributed by atoms with Gasteiger partial charge >= 0.3 is 0 Å². The topological polar surface area (TPSA) is 92.5 Å². The fourth-order valence-corrected chi connectivity index (χ4v) is 3.85. The molecular weight excluding hydrogens is 448 g/mol. The lowest BCUT2D eigenvalue weighted by molar-refractivity contribution is -0.00298. The van der Waals surface area contributed by atoms with Gasteiger partial charge in [-0.15, -0.1) is 12.4 Å². The third-order valence-electron chi connectivity index (χ3n) is 5.54. The van der Waals surface area contributed by atoms with Gasteiger partial charge in [0.1, 0.15) is 5.75 Å². The summed E-state index contributed by atoms with van der Waals surface area (Å²) in [4.78, 5) is 15.4. The number of rotatable bonds is 9. The molecule has 1 atom stereocenters. The molecule has 1 saturated heterocycles. The standard InChI is InChI=1S/C24H32N2O6.ClH/c1-5-17-15-31-13-12-26(17)24(27)19-14-20(22(29-3)23(30-4)21(19)28-2)32-18-8-6-16(7-9-18)10-11-25;/h6-9,14,17H,5,10-13,15,25H2,1-4H3;1H/t17-;/m0./s1. The van der Waals surface area contributed by atoms with Crippen LogP contribution in [-0.4, -0.2) is 64.5 Å². The first-order chi connectivity index (χ1) is 15.6. The van der Waals surface area contributed by atoms with E-state index in [1.807, 2.05) is 36.1 Å². The molecule has 182 valence electrons. The molecule has 0 aliphatic carbocycles. The lowest BCUT2D eigenvalue weighted by Gasteiger charge is -2.35. The third kappa shape index (κ3) is 5.82. The second-order valence-corrected chi connectivity index (χ2v) is 7.44. The summed E-state index contributed by atoms with van der Waals surface area (Å²) in [5.74, 6) is 1.76. The maximum Gasteiger partial charge on any atom is 0.258 e. The van der Waals surface area contributed by atoms with Crippen molar-refractivity contribution in [1.29, 1.82) is 0 Å². The van der Waals surface area contributed by atoms with Gasteiger partial charge in [0.15, 0.2) is 11.5 Å². The first-order valence-electron chi connectivity index (χ1n) is 10.8. The van der Waals surface area contributed by atoms with E-state index in [4.69, 9.17) is 29.4 Å². The van der Waals surface area contributed by atoms with Gasteiger partial charge in [-0.2, -0.15) is 0 Å². The van der Waals surface area contributed by atoms with Gasteiger partial charge in [-0.3, -0.25) is 4.79 Å². The number of benzene rings is 2. The van der Waals surface area contributed by atoms with Crippen LogP contribution in [0.4, 0.5) is 0 Å². The van der Waals surface area contributed by atoms with Crippen LogP contribution in [-0.2, 0) is 11.2 Å². The molecule has 1 amide bonds. The van der Waals surface area contributed by atoms with Crippen LogP contribution in [0.5, 0.6) is 28.7 Å². The molecule has 0 aromatic heterocycles. The van der Waals surface area contributed by atoms with E-state index in [-0.39, 0.29) is 24.4 Å². The Morgan fingerprint density at radius 2 is 1.76 bits per heavy atom. The van der Waals surface area contributed by atoms with Crippen LogP contribution >= 0.6 is 12.4 Å². The minimum Gasteiger partial charge on any atom is -0.492 e. The molecule has 1 heterocycles. The van der Waals surface area contributed by atoms with E-state index < -0.39 is 0 Å². The lowest BCUT2D eigenvalue weighted by Crippen LogP contribution is -2.48. The summed E-state index contributed by atoms with van der Waals surface area (Å²) in [5, 5.41) is 0. The highest BCUT2D eigenvalue weighted by Gasteiger charge is 2.32. The molecule has 2 N–H and O–H groups in total. The fraction of sp³-hybridized carbons (Fsp3) is 0.458. The smallest absolute Gasteiger partial charge is 0.258 e. The highest BCUT2D eigenvalue weighted by molar-refractivity contribution is 5.99. The average Bonchev–Trinajstić information content (AvgIpc) is 2.83. The van der Waals surface area contributed by atoms with Gasteiger partial charge in [0.2, 0.25) is 11.5 Å². The zero-order valence-corrected chi connectivity index (χ0v) is 20.4. The number of hydrogen-bond acceptors (Lipinski definition) is 7. The Balaban J connectivity index is 0.00000385. The van der Waals surface area contributed by atoms with Crippen LogP contribution in [0.3, 0.4) is 0 Å². The summed E-state index contributed by atoms with van der Waals surface area (Å²) in [6.45, 7) is 4.13. The Morgan fingerprint density at radius 3 is 2.33 bits per heavy atom. The number of methoxy groups -OCH3 is 3. The molecule has 2 aromatic rings. The Labute approximate surface area is 201 Å². The van der Waals surface area contributed by atoms with Gasteiger partial charge in [-0.25, -0.2) is 0 Å². The van der Waals surface area contributed by atoms with Crippen molar-refractivity contribution in [2.45, 2.75) is 25.8 Å². The van der Waals surface area contributed by atoms with E-state index in [0.717, 1.165) is 18.4 Å². The number of halogens is 1. The Morgan fingerprint density at radius 1 is 1.09 bits per heavy atom. The minimum atomic E-state index is -0.166. The van der Waals surface area contributed by atoms with Crippen LogP contribution in [0.2, 0.25) is 0 Å². The molecule has 8 nitrogen and oxygen atoms in total. The maximum atomic E-state index is 13.6. The summed E-state index contributed by atoms with van der Waals surface area (Å²) >= 11 is 0. The predicted octanol–water partition coefficient (Wildman–Crippen LogP) is 3.68. The fourth-order valence-electron chi connectivity index (χ4n) is 3.85. The van der Waals surface area contributed by atoms with E-state index in [2.05, 4.69) is 0 Å². The Hall–Kier alpha value is -2.68. The zero-order chi connectivity index (χ0) is 23.1. The number of nitrogens with zero attached hydrogens (tertiary/aromatic N) is 1. The molecule has 0 radical (unpaired) electrons. The van der Waals surface area contributed by atoms with Crippen molar-refractivity contribution in [3.8, 4) is 28.7 Å². The molecule has 0 unspecified atom stereocenters. The van der Waals surface area contributed by atoms with Crippen molar-refractivity contribution >= 4 is 18.3 Å². The molecule has 1 aliphatic heterocycles. The number of ether oxygens (including phenoxy) is 5. The first-order valence-corrected chi connectivity index (χ1v) is 10.8. The monoisotopic (exact) mass is 480 g/mol. The summed E-state index contributed by atoms with van der Waals surface area (Å²) in [5.41, 5.74) is 7.09. The third-order valence-corrected chi connectivity index (χ3v) is 5.54. The number of carbonyl (C=O) groups is 1. The van der Waals surface area contributed by atoms with Crippen molar-refractivity contribution in [3.05, 3.63) is 41.5 Å². The predicted molar refractivity (Wildman–Crippen MR) is 129 cm³/mol. The highest BCUT2D eigenvalue weighted by Crippen LogP contribution is 2.48. The van der Waals surface area contributed by atoms with Crippen LogP contribution in [0, 0.1) is 0 Å². The lowest BCUT2D eigenvalue weighted by atomic mass is 10.1. The number of amides is 1. The highest BCUT2D eigenvalue weighted by atomic mass is 35.5. The van der Waals surface area contributed by atoms with Crippen LogP contribution in [0.25, 0.3) is 0 Å². The average molecular weight is 481 g/mol. The quantitative estimate of drug-likeness (QED) is 0.585. The molecule has 0 spiro atoms. The SMILES string of the molecule is CC[C@H]1COCCN1C(=O)c1cc(Oc2ccc(CCN)cc2)c(OC)c(OC)c1OC.Cl. The van der Waals surface area contributed by atoms with Gasteiger partial charge in [-0.1, -0.05) is 19.1 Å². The number of hydrogen-bond donors (Lipinski definition) is 1. The largest absolute Gasteiger partial charge is 0.492 e. The first kappa shape index (κ1) is 26.6. The molecule has 1 fully saturated rings. The molecular formula is C24H33ClN2O6. The molecule has 33 heavy (non-hydrogen) atoms. The number of nitrogens with two attached hydrogens (primary N) is 1. The second-order valence-electron chi connectivity index (χ2n) is 7.44. The summed E-state index contributed by atoms with van der Waals surface area (Å²) in [6, 6.07) is 9.28. The molecule has 0 saturated carbocycles. The van der Waals surface area contributed by atoms with Crippen molar-refractivity contribution in [2.24, 2.45) is 5.73 Å². The molecule has 9 heteroatoms. The van der Waals surface area contributed by atoms with Crippen molar-refractivity contribution < 1.29 is 28.5 Å². The molecule has 2 aromatic carbocycles. The molecule has 0 bridgehead atoms. The number of morpholine rings is 1. The van der Waals surface area contributed by atoms with Crippen LogP contribution < -0.4 is 24.7 Å². The van der Waals surface area contributed by atoms with Gasteiger partial charge < -0.3 is 34.3 Å². The van der Waals surface area contributed by atoms with Crippen molar-refractivity contribution in [2.75, 3.05) is 47.6 Å². The summed E-state index contributed by atoms with van der Waals surface area (Å²) < 4.78 is 28.4. The van der Waals surface area contributed by atoms with Gasteiger partial charge in [-0.05, 0) is 37.1 Å². The Bertz CT molecular complexity index is 922. The van der Waals surface area contributed by atoms with E-state index >= 15 is 0 Å². The zero-order valence-electron chi connectivity index (χ0n) is 19.6. The van der Waals surface area contributed by atoms with Gasteiger partial charge in [0, 0.05) is 12.6 Å². The normalized spacial score (nSPS) is 15.4. The second kappa shape index (κ2) is 12.5. The summed E-state index contributed by atoms with van der Waals surface area (Å²) in [6.07, 6.45) is 1.58. The Kier molecular flexibility index (Phi) is 10.1. The molecule has 1 aliphatic rings. The number of carbonyl (C=O) groups excluding carboxylic acids is 1. The van der Waals surface area contributed by atoms with Crippen LogP contribution in [0.1, 0.15) is 29.3 Å². The van der Waals surface area contributed by atoms with Gasteiger partial charge in [0.25, 0.3) is 5.91 Å². The van der Waals surface area contributed by atoms with Gasteiger partial charge in [0.05, 0.1) is 46.1 Å². The van der Waals surface area contributed by atoms with E-state index in [1.54, 1.807) is 6.07 Å². The van der Waals surface area contributed by atoms with Crippen molar-refractivity contribution in [3.63, 3.8) is 0 Å². The minimum absolute atomic E-state index is 0. The van der Waals surface area contributed by atoms with E-state index in [0.29, 0.717) is 60.6 Å².